The third kappa shape index (κ3) is 5.33. The third-order valence-corrected chi connectivity index (χ3v) is 5.88. The van der Waals surface area contributed by atoms with Crippen LogP contribution in [0.4, 0.5) is 13.2 Å². The van der Waals surface area contributed by atoms with Gasteiger partial charge in [-0.2, -0.15) is 13.2 Å². The van der Waals surface area contributed by atoms with Gasteiger partial charge in [0.05, 0.1) is 4.90 Å². The summed E-state index contributed by atoms with van der Waals surface area (Å²) in [4.78, 5) is 0.0780. The van der Waals surface area contributed by atoms with Crippen LogP contribution in [0.25, 0.3) is 0 Å². The minimum Gasteiger partial charge on any atom is -0.366 e. The molecule has 0 aliphatic carbocycles. The van der Waals surface area contributed by atoms with E-state index in [1.165, 1.54) is 36.4 Å². The highest BCUT2D eigenvalue weighted by molar-refractivity contribution is 7.89. The fraction of sp³-hybridized carbons (Fsp3) is 0.130. The SMILES string of the molecule is O=S(=O)(NCc1ccc(C(O)(C#Cc2ccccc2)C(F)(F)F)cc1)c1ccccc1. The first-order valence-corrected chi connectivity index (χ1v) is 10.6. The highest BCUT2D eigenvalue weighted by Crippen LogP contribution is 2.38. The standard InChI is InChI=1S/C23H18F3NO3S/c24-23(25,26)22(28,16-15-18-7-3-1-4-8-18)20-13-11-19(12-14-20)17-27-31(29,30)21-9-5-2-6-10-21/h1-14,27-28H,17H2. The number of alkyl halides is 3. The first kappa shape index (κ1) is 22.6. The predicted octanol–water partition coefficient (Wildman–Crippen LogP) is 3.97. The number of hydrogen-bond donors (Lipinski definition) is 2. The summed E-state index contributed by atoms with van der Waals surface area (Å²) in [5, 5.41) is 10.4. The smallest absolute Gasteiger partial charge is 0.366 e. The first-order chi connectivity index (χ1) is 14.6. The lowest BCUT2D eigenvalue weighted by molar-refractivity contribution is -0.240. The zero-order chi connectivity index (χ0) is 22.5. The van der Waals surface area contributed by atoms with E-state index in [0.717, 1.165) is 12.1 Å². The molecule has 0 radical (unpaired) electrons. The molecule has 0 aliphatic heterocycles. The van der Waals surface area contributed by atoms with Gasteiger partial charge in [0, 0.05) is 17.7 Å². The van der Waals surface area contributed by atoms with Crippen molar-refractivity contribution in [2.24, 2.45) is 0 Å². The summed E-state index contributed by atoms with van der Waals surface area (Å²) in [5.74, 6) is 4.29. The highest BCUT2D eigenvalue weighted by atomic mass is 32.2. The van der Waals surface area contributed by atoms with Crippen LogP contribution in [0.5, 0.6) is 0 Å². The van der Waals surface area contributed by atoms with Gasteiger partial charge >= 0.3 is 6.18 Å². The zero-order valence-electron chi connectivity index (χ0n) is 16.1. The van der Waals surface area contributed by atoms with Gasteiger partial charge in [0.15, 0.2) is 0 Å². The Bertz CT molecular complexity index is 1180. The Morgan fingerprint density at radius 2 is 1.39 bits per heavy atom. The molecular weight excluding hydrogens is 427 g/mol. The molecule has 0 amide bonds. The Hall–Kier alpha value is -3.12. The third-order valence-electron chi connectivity index (χ3n) is 4.46. The van der Waals surface area contributed by atoms with Crippen LogP contribution in [0, 0.1) is 11.8 Å². The van der Waals surface area contributed by atoms with Crippen LogP contribution >= 0.6 is 0 Å². The van der Waals surface area contributed by atoms with Crippen molar-refractivity contribution in [1.82, 2.24) is 4.72 Å². The van der Waals surface area contributed by atoms with E-state index < -0.39 is 27.4 Å². The number of nitrogens with one attached hydrogen (secondary N) is 1. The Labute approximate surface area is 178 Å². The van der Waals surface area contributed by atoms with Gasteiger partial charge < -0.3 is 5.11 Å². The minimum atomic E-state index is -5.04. The highest BCUT2D eigenvalue weighted by Gasteiger charge is 2.54. The Morgan fingerprint density at radius 3 is 1.94 bits per heavy atom. The van der Waals surface area contributed by atoms with Gasteiger partial charge in [-0.25, -0.2) is 13.1 Å². The van der Waals surface area contributed by atoms with Gasteiger partial charge in [-0.05, 0) is 35.7 Å². The van der Waals surface area contributed by atoms with Crippen molar-refractivity contribution in [1.29, 1.82) is 0 Å². The molecule has 0 aliphatic rings. The second-order valence-corrected chi connectivity index (χ2v) is 8.43. The van der Waals surface area contributed by atoms with Crippen molar-refractivity contribution >= 4 is 10.0 Å². The summed E-state index contributed by atoms with van der Waals surface area (Å²) in [6, 6.07) is 20.5. The molecular formula is C23H18F3NO3S. The summed E-state index contributed by atoms with van der Waals surface area (Å²) in [6.07, 6.45) is -5.04. The van der Waals surface area contributed by atoms with Gasteiger partial charge in [-0.3, -0.25) is 0 Å². The van der Waals surface area contributed by atoms with E-state index in [0.29, 0.717) is 11.1 Å². The van der Waals surface area contributed by atoms with E-state index in [4.69, 9.17) is 0 Å². The van der Waals surface area contributed by atoms with Gasteiger partial charge in [0.1, 0.15) is 0 Å². The molecule has 2 N–H and O–H groups in total. The number of halogens is 3. The molecule has 0 saturated heterocycles. The second-order valence-electron chi connectivity index (χ2n) is 6.66. The fourth-order valence-electron chi connectivity index (χ4n) is 2.72. The fourth-order valence-corrected chi connectivity index (χ4v) is 3.75. The number of benzene rings is 3. The molecule has 4 nitrogen and oxygen atoms in total. The summed E-state index contributed by atoms with van der Waals surface area (Å²) in [5.41, 5.74) is -3.08. The molecule has 0 fully saturated rings. The maximum Gasteiger partial charge on any atom is 0.433 e. The van der Waals surface area contributed by atoms with Crippen molar-refractivity contribution in [2.45, 2.75) is 23.2 Å². The van der Waals surface area contributed by atoms with Crippen LogP contribution in [0.15, 0.2) is 89.8 Å². The van der Waals surface area contributed by atoms with E-state index >= 15 is 0 Å². The summed E-state index contributed by atoms with van der Waals surface area (Å²) < 4.78 is 67.8. The largest absolute Gasteiger partial charge is 0.433 e. The average Bonchev–Trinajstić information content (AvgIpc) is 2.77. The van der Waals surface area contributed by atoms with Crippen molar-refractivity contribution in [3.8, 4) is 11.8 Å². The van der Waals surface area contributed by atoms with Crippen molar-refractivity contribution in [3.05, 3.63) is 102 Å². The van der Waals surface area contributed by atoms with Crippen molar-refractivity contribution in [3.63, 3.8) is 0 Å². The van der Waals surface area contributed by atoms with E-state index in [9.17, 15) is 26.7 Å². The lowest BCUT2D eigenvalue weighted by atomic mass is 9.92. The van der Waals surface area contributed by atoms with Crippen LogP contribution in [0.2, 0.25) is 0 Å². The molecule has 3 rings (SSSR count). The van der Waals surface area contributed by atoms with E-state index in [2.05, 4.69) is 10.6 Å². The molecule has 8 heteroatoms. The van der Waals surface area contributed by atoms with Crippen LogP contribution < -0.4 is 4.72 Å². The molecule has 1 atom stereocenters. The molecule has 0 saturated carbocycles. The molecule has 0 heterocycles. The Kier molecular flexibility index (Phi) is 6.51. The van der Waals surface area contributed by atoms with E-state index in [1.807, 2.05) is 5.92 Å². The van der Waals surface area contributed by atoms with Crippen molar-refractivity contribution in [2.75, 3.05) is 0 Å². The number of hydrogen-bond acceptors (Lipinski definition) is 3. The Balaban J connectivity index is 1.81. The number of aliphatic hydroxyl groups is 1. The lowest BCUT2D eigenvalue weighted by Crippen LogP contribution is -2.41. The van der Waals surface area contributed by atoms with Gasteiger partial charge in [-0.15, -0.1) is 0 Å². The maximum atomic E-state index is 13.6. The maximum absolute atomic E-state index is 13.6. The second kappa shape index (κ2) is 8.94. The summed E-state index contributed by atoms with van der Waals surface area (Å²) in [7, 11) is -3.76. The minimum absolute atomic E-state index is 0.0780. The molecule has 160 valence electrons. The monoisotopic (exact) mass is 445 g/mol. The van der Waals surface area contributed by atoms with E-state index in [-0.39, 0.29) is 11.4 Å². The van der Waals surface area contributed by atoms with Crippen molar-refractivity contribution < 1.29 is 26.7 Å². The lowest BCUT2D eigenvalue weighted by Gasteiger charge is -2.25. The molecule has 31 heavy (non-hydrogen) atoms. The van der Waals surface area contributed by atoms with Crippen LogP contribution in [-0.4, -0.2) is 19.7 Å². The first-order valence-electron chi connectivity index (χ1n) is 9.13. The molecule has 1 unspecified atom stereocenters. The van der Waals surface area contributed by atoms with Crippen LogP contribution in [-0.2, 0) is 22.2 Å². The van der Waals surface area contributed by atoms with Gasteiger partial charge in [-0.1, -0.05) is 66.6 Å². The summed E-state index contributed by atoms with van der Waals surface area (Å²) in [6.45, 7) is -0.127. The topological polar surface area (TPSA) is 66.4 Å². The average molecular weight is 445 g/mol. The van der Waals surface area contributed by atoms with Gasteiger partial charge in [0.2, 0.25) is 15.6 Å². The molecule has 3 aromatic rings. The quantitative estimate of drug-likeness (QED) is 0.584. The normalized spacial score (nSPS) is 13.7. The predicted molar refractivity (Wildman–Crippen MR) is 110 cm³/mol. The molecule has 0 spiro atoms. The molecule has 0 aromatic heterocycles. The number of sulfonamides is 1. The molecule has 0 bridgehead atoms. The number of rotatable bonds is 5. The van der Waals surface area contributed by atoms with E-state index in [1.54, 1.807) is 36.4 Å². The zero-order valence-corrected chi connectivity index (χ0v) is 16.9. The van der Waals surface area contributed by atoms with Gasteiger partial charge in [0.25, 0.3) is 0 Å². The van der Waals surface area contributed by atoms with Crippen LogP contribution in [0.1, 0.15) is 16.7 Å². The van der Waals surface area contributed by atoms with Crippen LogP contribution in [0.3, 0.4) is 0 Å². The summed E-state index contributed by atoms with van der Waals surface area (Å²) >= 11 is 0. The Morgan fingerprint density at radius 1 is 0.839 bits per heavy atom. The molecule has 3 aromatic carbocycles.